The number of aromatic nitrogens is 2. The van der Waals surface area contributed by atoms with Gasteiger partial charge in [0, 0.05) is 35.1 Å². The number of aliphatic hydroxyl groups is 1. The van der Waals surface area contributed by atoms with Gasteiger partial charge in [0.05, 0.1) is 36.7 Å². The molecule has 3 heterocycles. The van der Waals surface area contributed by atoms with E-state index in [2.05, 4.69) is 26.7 Å². The summed E-state index contributed by atoms with van der Waals surface area (Å²) in [6.45, 7) is 2.16. The minimum atomic E-state index is -0.843. The number of carboxylic acids is 1. The van der Waals surface area contributed by atoms with Crippen LogP contribution < -0.4 is 4.74 Å². The fourth-order valence-electron chi connectivity index (χ4n) is 4.93. The molecular formula is C28H30ClN3O4. The number of aliphatic carboxylic acids is 1. The quantitative estimate of drug-likeness (QED) is 0.426. The molecule has 1 aromatic carbocycles. The van der Waals surface area contributed by atoms with Crippen LogP contribution in [0.1, 0.15) is 49.3 Å². The molecular weight excluding hydrogens is 478 g/mol. The first-order valence-electron chi connectivity index (χ1n) is 12.0. The van der Waals surface area contributed by atoms with E-state index < -0.39 is 12.1 Å². The summed E-state index contributed by atoms with van der Waals surface area (Å²) in [6, 6.07) is 9.26. The Morgan fingerprint density at radius 2 is 2.08 bits per heavy atom. The molecule has 1 fully saturated rings. The predicted molar refractivity (Wildman–Crippen MR) is 139 cm³/mol. The lowest BCUT2D eigenvalue weighted by Gasteiger charge is -2.41. The van der Waals surface area contributed by atoms with Crippen molar-refractivity contribution in [2.24, 2.45) is 5.41 Å². The van der Waals surface area contributed by atoms with Gasteiger partial charge >= 0.3 is 5.97 Å². The summed E-state index contributed by atoms with van der Waals surface area (Å²) in [6.07, 6.45) is 6.70. The lowest BCUT2D eigenvalue weighted by atomic mass is 9.71. The SMILES string of the molecule is COc1ccc2ncc(Cl)c([C@@H](O)CCC3(CC(=O)O)CCN(CC#Cc4cccnc4)CC3)c2c1. The Morgan fingerprint density at radius 1 is 1.28 bits per heavy atom. The van der Waals surface area contributed by atoms with Crippen molar-refractivity contribution in [3.8, 4) is 17.6 Å². The van der Waals surface area contributed by atoms with Crippen LogP contribution in [0.25, 0.3) is 10.9 Å². The molecule has 7 nitrogen and oxygen atoms in total. The van der Waals surface area contributed by atoms with Crippen molar-refractivity contribution >= 4 is 28.5 Å². The lowest BCUT2D eigenvalue weighted by Crippen LogP contribution is -2.41. The maximum Gasteiger partial charge on any atom is 0.303 e. The number of hydrogen-bond acceptors (Lipinski definition) is 6. The van der Waals surface area contributed by atoms with E-state index in [1.165, 1.54) is 0 Å². The van der Waals surface area contributed by atoms with Crippen molar-refractivity contribution in [1.82, 2.24) is 14.9 Å². The third-order valence-electron chi connectivity index (χ3n) is 6.99. The van der Waals surface area contributed by atoms with Gasteiger partial charge < -0.3 is 14.9 Å². The zero-order valence-electron chi connectivity index (χ0n) is 20.3. The van der Waals surface area contributed by atoms with E-state index in [9.17, 15) is 15.0 Å². The van der Waals surface area contributed by atoms with Crippen LogP contribution in [-0.2, 0) is 4.79 Å². The van der Waals surface area contributed by atoms with E-state index in [1.54, 1.807) is 25.7 Å². The van der Waals surface area contributed by atoms with E-state index in [0.717, 1.165) is 42.4 Å². The molecule has 8 heteroatoms. The molecule has 1 saturated heterocycles. The van der Waals surface area contributed by atoms with Gasteiger partial charge in [-0.1, -0.05) is 23.4 Å². The second kappa shape index (κ2) is 11.7. The largest absolute Gasteiger partial charge is 0.497 e. The molecule has 1 aliphatic rings. The van der Waals surface area contributed by atoms with Crippen molar-refractivity contribution in [3.63, 3.8) is 0 Å². The summed E-state index contributed by atoms with van der Waals surface area (Å²) in [5.41, 5.74) is 1.82. The molecule has 4 rings (SSSR count). The van der Waals surface area contributed by atoms with Crippen molar-refractivity contribution in [2.75, 3.05) is 26.7 Å². The van der Waals surface area contributed by atoms with Crippen LogP contribution in [0.15, 0.2) is 48.9 Å². The van der Waals surface area contributed by atoms with Gasteiger partial charge in [0.1, 0.15) is 5.75 Å². The summed E-state index contributed by atoms with van der Waals surface area (Å²) in [5, 5.41) is 22.0. The molecule has 0 aliphatic carbocycles. The molecule has 3 aromatic rings. The van der Waals surface area contributed by atoms with Crippen LogP contribution in [0.2, 0.25) is 5.02 Å². The fourth-order valence-corrected chi connectivity index (χ4v) is 5.21. The Hall–Kier alpha value is -3.18. The number of carbonyl (C=O) groups is 1. The van der Waals surface area contributed by atoms with Crippen molar-refractivity contribution in [2.45, 2.75) is 38.2 Å². The third kappa shape index (κ3) is 6.33. The highest BCUT2D eigenvalue weighted by atomic mass is 35.5. The second-order valence-electron chi connectivity index (χ2n) is 9.35. The summed E-state index contributed by atoms with van der Waals surface area (Å²) in [7, 11) is 1.59. The Kier molecular flexibility index (Phi) is 8.42. The zero-order chi connectivity index (χ0) is 25.5. The second-order valence-corrected chi connectivity index (χ2v) is 9.75. The van der Waals surface area contributed by atoms with Gasteiger partial charge in [0.25, 0.3) is 0 Å². The van der Waals surface area contributed by atoms with Gasteiger partial charge in [-0.05, 0) is 74.5 Å². The number of rotatable bonds is 8. The molecule has 2 aromatic heterocycles. The summed E-state index contributed by atoms with van der Waals surface area (Å²) < 4.78 is 5.34. The normalized spacial score (nSPS) is 16.2. The van der Waals surface area contributed by atoms with Gasteiger partial charge in [0.15, 0.2) is 0 Å². The molecule has 1 atom stereocenters. The topological polar surface area (TPSA) is 95.8 Å². The average Bonchev–Trinajstić information content (AvgIpc) is 2.88. The van der Waals surface area contributed by atoms with Crippen molar-refractivity contribution in [3.05, 3.63) is 65.1 Å². The number of piperidine rings is 1. The predicted octanol–water partition coefficient (Wildman–Crippen LogP) is 4.71. The van der Waals surface area contributed by atoms with Gasteiger partial charge in [-0.3, -0.25) is 19.7 Å². The minimum absolute atomic E-state index is 0.0770. The van der Waals surface area contributed by atoms with E-state index in [-0.39, 0.29) is 11.8 Å². The standard InChI is InChI=1S/C28H30ClN3O4/c1-36-21-6-7-24-22(16-21)27(23(29)19-31-24)25(33)8-9-28(17-26(34)35)10-14-32(15-11-28)13-3-5-20-4-2-12-30-18-20/h2,4,6-7,12,16,18-19,25,33H,8-11,13-15,17H2,1H3,(H,34,35)/t25-/m0/s1. The molecule has 1 aliphatic heterocycles. The van der Waals surface area contributed by atoms with E-state index in [1.807, 2.05) is 30.3 Å². The van der Waals surface area contributed by atoms with Crippen LogP contribution in [-0.4, -0.2) is 57.8 Å². The Morgan fingerprint density at radius 3 is 2.78 bits per heavy atom. The maximum atomic E-state index is 11.7. The van der Waals surface area contributed by atoms with Crippen LogP contribution in [0.3, 0.4) is 0 Å². The monoisotopic (exact) mass is 507 g/mol. The smallest absolute Gasteiger partial charge is 0.303 e. The van der Waals surface area contributed by atoms with Gasteiger partial charge in [-0.25, -0.2) is 0 Å². The Balaban J connectivity index is 1.43. The van der Waals surface area contributed by atoms with Crippen LogP contribution in [0.5, 0.6) is 5.75 Å². The van der Waals surface area contributed by atoms with E-state index >= 15 is 0 Å². The average molecular weight is 508 g/mol. The molecule has 0 unspecified atom stereocenters. The van der Waals surface area contributed by atoms with Crippen LogP contribution in [0.4, 0.5) is 0 Å². The fraction of sp³-hybridized carbons (Fsp3) is 0.393. The minimum Gasteiger partial charge on any atom is -0.497 e. The molecule has 0 saturated carbocycles. The molecule has 0 amide bonds. The molecule has 2 N–H and O–H groups in total. The summed E-state index contributed by atoms with van der Waals surface area (Å²) in [5.74, 6) is 6.16. The lowest BCUT2D eigenvalue weighted by molar-refractivity contribution is -0.141. The molecule has 0 bridgehead atoms. The number of ether oxygens (including phenoxy) is 1. The molecule has 0 spiro atoms. The Labute approximate surface area is 216 Å². The van der Waals surface area contributed by atoms with Crippen LogP contribution >= 0.6 is 11.6 Å². The van der Waals surface area contributed by atoms with Crippen molar-refractivity contribution in [1.29, 1.82) is 0 Å². The third-order valence-corrected chi connectivity index (χ3v) is 7.29. The number of aliphatic hydroxyl groups excluding tert-OH is 1. The number of hydrogen-bond donors (Lipinski definition) is 2. The maximum absolute atomic E-state index is 11.7. The first kappa shape index (κ1) is 25.9. The van der Waals surface area contributed by atoms with E-state index in [0.29, 0.717) is 35.7 Å². The number of carboxylic acid groups (broad SMARTS) is 1. The summed E-state index contributed by atoms with van der Waals surface area (Å²) >= 11 is 6.47. The summed E-state index contributed by atoms with van der Waals surface area (Å²) in [4.78, 5) is 22.4. The molecule has 188 valence electrons. The molecule has 0 radical (unpaired) electrons. The van der Waals surface area contributed by atoms with Gasteiger partial charge in [0.2, 0.25) is 0 Å². The first-order chi connectivity index (χ1) is 17.4. The molecule has 36 heavy (non-hydrogen) atoms. The number of halogens is 1. The van der Waals surface area contributed by atoms with Gasteiger partial charge in [-0.2, -0.15) is 0 Å². The number of methoxy groups -OCH3 is 1. The highest BCUT2D eigenvalue weighted by Crippen LogP contribution is 2.43. The first-order valence-corrected chi connectivity index (χ1v) is 12.4. The van der Waals surface area contributed by atoms with Crippen LogP contribution in [0, 0.1) is 17.3 Å². The Bertz CT molecular complexity index is 1260. The number of fused-ring (bicyclic) bond motifs is 1. The van der Waals surface area contributed by atoms with Crippen molar-refractivity contribution < 1.29 is 19.7 Å². The number of benzene rings is 1. The number of pyridine rings is 2. The number of nitrogens with zero attached hydrogens (tertiary/aromatic N) is 3. The highest BCUT2D eigenvalue weighted by Gasteiger charge is 2.37. The zero-order valence-corrected chi connectivity index (χ0v) is 21.0. The van der Waals surface area contributed by atoms with Gasteiger partial charge in [-0.15, -0.1) is 0 Å². The van der Waals surface area contributed by atoms with E-state index in [4.69, 9.17) is 16.3 Å². The highest BCUT2D eigenvalue weighted by molar-refractivity contribution is 6.32. The number of likely N-dealkylation sites (tertiary alicyclic amines) is 1.